The molecule has 0 radical (unpaired) electrons. The lowest BCUT2D eigenvalue weighted by Gasteiger charge is -2.32. The minimum Gasteiger partial charge on any atom is -0.484 e. The SMILES string of the molecule is CC(C)S(=O)(=O)C1CCN(C(=O)COc2ccc(Cl)c(F)c2)CC1. The fourth-order valence-electron chi connectivity index (χ4n) is 2.62. The minimum absolute atomic E-state index is 0.0119. The minimum atomic E-state index is -3.14. The molecule has 0 bridgehead atoms. The maximum Gasteiger partial charge on any atom is 0.260 e. The number of sulfone groups is 1. The summed E-state index contributed by atoms with van der Waals surface area (Å²) in [6.45, 7) is 3.89. The van der Waals surface area contributed by atoms with E-state index in [4.69, 9.17) is 16.3 Å². The van der Waals surface area contributed by atoms with Crippen molar-refractivity contribution in [2.24, 2.45) is 0 Å². The molecule has 1 amide bonds. The van der Waals surface area contributed by atoms with Gasteiger partial charge in [0.1, 0.15) is 11.6 Å². The van der Waals surface area contributed by atoms with Gasteiger partial charge in [-0.05, 0) is 38.8 Å². The van der Waals surface area contributed by atoms with Gasteiger partial charge in [-0.3, -0.25) is 4.79 Å². The van der Waals surface area contributed by atoms with E-state index in [2.05, 4.69) is 0 Å². The Labute approximate surface area is 146 Å². The maximum atomic E-state index is 13.3. The quantitative estimate of drug-likeness (QED) is 0.791. The van der Waals surface area contributed by atoms with Crippen LogP contribution in [-0.2, 0) is 14.6 Å². The molecule has 0 aromatic heterocycles. The Hall–Kier alpha value is -1.34. The van der Waals surface area contributed by atoms with E-state index in [1.807, 2.05) is 0 Å². The van der Waals surface area contributed by atoms with Crippen molar-refractivity contribution in [3.05, 3.63) is 29.0 Å². The van der Waals surface area contributed by atoms with Gasteiger partial charge in [0.05, 0.1) is 15.5 Å². The van der Waals surface area contributed by atoms with Gasteiger partial charge < -0.3 is 9.64 Å². The number of hydrogen-bond acceptors (Lipinski definition) is 4. The van der Waals surface area contributed by atoms with Crippen molar-refractivity contribution in [1.82, 2.24) is 4.90 Å². The highest BCUT2D eigenvalue weighted by atomic mass is 35.5. The fraction of sp³-hybridized carbons (Fsp3) is 0.562. The van der Waals surface area contributed by atoms with Crippen LogP contribution in [0.5, 0.6) is 5.75 Å². The topological polar surface area (TPSA) is 63.7 Å². The predicted octanol–water partition coefficient (Wildman–Crippen LogP) is 2.67. The second kappa shape index (κ2) is 7.70. The Morgan fingerprint density at radius 3 is 2.54 bits per heavy atom. The van der Waals surface area contributed by atoms with Crippen LogP contribution >= 0.6 is 11.6 Å². The number of carbonyl (C=O) groups is 1. The number of amides is 1. The molecule has 8 heteroatoms. The molecule has 0 atom stereocenters. The Balaban J connectivity index is 1.86. The van der Waals surface area contributed by atoms with E-state index in [1.54, 1.807) is 18.7 Å². The van der Waals surface area contributed by atoms with Gasteiger partial charge in [-0.1, -0.05) is 11.6 Å². The molecule has 0 spiro atoms. The van der Waals surface area contributed by atoms with Crippen molar-refractivity contribution >= 4 is 27.3 Å². The summed E-state index contributed by atoms with van der Waals surface area (Å²) in [7, 11) is -3.14. The van der Waals surface area contributed by atoms with Gasteiger partial charge in [-0.2, -0.15) is 0 Å². The van der Waals surface area contributed by atoms with Crippen molar-refractivity contribution in [3.8, 4) is 5.75 Å². The second-order valence-corrected chi connectivity index (χ2v) is 9.28. The van der Waals surface area contributed by atoms with Crippen LogP contribution in [0.1, 0.15) is 26.7 Å². The van der Waals surface area contributed by atoms with Crippen LogP contribution in [0.2, 0.25) is 5.02 Å². The molecule has 134 valence electrons. The Kier molecular flexibility index (Phi) is 6.09. The lowest BCUT2D eigenvalue weighted by atomic mass is 10.1. The van der Waals surface area contributed by atoms with Crippen LogP contribution in [0.25, 0.3) is 0 Å². The average molecular weight is 378 g/mol. The zero-order valence-electron chi connectivity index (χ0n) is 13.7. The van der Waals surface area contributed by atoms with Gasteiger partial charge in [0.15, 0.2) is 16.4 Å². The summed E-state index contributed by atoms with van der Waals surface area (Å²) in [6.07, 6.45) is 0.865. The lowest BCUT2D eigenvalue weighted by Crippen LogP contribution is -2.45. The summed E-state index contributed by atoms with van der Waals surface area (Å²) < 4.78 is 42.9. The third-order valence-electron chi connectivity index (χ3n) is 4.17. The lowest BCUT2D eigenvalue weighted by molar-refractivity contribution is -0.134. The molecule has 1 saturated heterocycles. The van der Waals surface area contributed by atoms with Crippen LogP contribution in [0, 0.1) is 5.82 Å². The normalized spacial score (nSPS) is 16.5. The summed E-state index contributed by atoms with van der Waals surface area (Å²) in [5.74, 6) is -0.630. The molecule has 0 saturated carbocycles. The van der Waals surface area contributed by atoms with E-state index in [1.165, 1.54) is 12.1 Å². The predicted molar refractivity (Wildman–Crippen MR) is 90.6 cm³/mol. The molecule has 1 fully saturated rings. The number of ether oxygens (including phenoxy) is 1. The Bertz CT molecular complexity index is 700. The summed E-state index contributed by atoms with van der Waals surface area (Å²) >= 11 is 5.58. The van der Waals surface area contributed by atoms with Gasteiger partial charge in [-0.15, -0.1) is 0 Å². The maximum absolute atomic E-state index is 13.3. The third-order valence-corrected chi connectivity index (χ3v) is 7.19. The second-order valence-electron chi connectivity index (χ2n) is 6.08. The molecule has 24 heavy (non-hydrogen) atoms. The molecule has 2 rings (SSSR count). The molecule has 1 heterocycles. The third kappa shape index (κ3) is 4.39. The molecule has 5 nitrogen and oxygen atoms in total. The first-order valence-electron chi connectivity index (χ1n) is 7.80. The molecule has 0 N–H and O–H groups in total. The van der Waals surface area contributed by atoms with Crippen molar-refractivity contribution in [1.29, 1.82) is 0 Å². The molecule has 1 aromatic carbocycles. The number of halogens is 2. The van der Waals surface area contributed by atoms with Gasteiger partial charge >= 0.3 is 0 Å². The Morgan fingerprint density at radius 1 is 1.38 bits per heavy atom. The molecule has 1 aliphatic heterocycles. The number of likely N-dealkylation sites (tertiary alicyclic amines) is 1. The van der Waals surface area contributed by atoms with Crippen LogP contribution < -0.4 is 4.74 Å². The Morgan fingerprint density at radius 2 is 2.00 bits per heavy atom. The molecule has 1 aromatic rings. The smallest absolute Gasteiger partial charge is 0.260 e. The average Bonchev–Trinajstić information content (AvgIpc) is 2.55. The van der Waals surface area contributed by atoms with Gasteiger partial charge in [0.2, 0.25) is 0 Å². The number of benzene rings is 1. The van der Waals surface area contributed by atoms with Crippen molar-refractivity contribution < 1.29 is 22.3 Å². The van der Waals surface area contributed by atoms with Crippen molar-refractivity contribution in [2.45, 2.75) is 37.2 Å². The monoisotopic (exact) mass is 377 g/mol. The van der Waals surface area contributed by atoms with Crippen LogP contribution in [0.4, 0.5) is 4.39 Å². The number of carbonyl (C=O) groups excluding carboxylic acids is 1. The molecule has 0 aliphatic carbocycles. The highest BCUT2D eigenvalue weighted by molar-refractivity contribution is 7.92. The number of rotatable bonds is 5. The summed E-state index contributed by atoms with van der Waals surface area (Å²) in [6, 6.07) is 3.97. The largest absolute Gasteiger partial charge is 0.484 e. The highest BCUT2D eigenvalue weighted by Gasteiger charge is 2.33. The molecule has 1 aliphatic rings. The zero-order chi connectivity index (χ0) is 17.9. The van der Waals surface area contributed by atoms with E-state index in [-0.39, 0.29) is 23.3 Å². The number of piperidine rings is 1. The molecular weight excluding hydrogens is 357 g/mol. The van der Waals surface area contributed by atoms with Gasteiger partial charge in [-0.25, -0.2) is 12.8 Å². The van der Waals surface area contributed by atoms with Crippen LogP contribution in [0.15, 0.2) is 18.2 Å². The highest BCUT2D eigenvalue weighted by Crippen LogP contribution is 2.23. The first-order chi connectivity index (χ1) is 11.2. The first-order valence-corrected chi connectivity index (χ1v) is 9.79. The van der Waals surface area contributed by atoms with E-state index in [9.17, 15) is 17.6 Å². The van der Waals surface area contributed by atoms with Crippen molar-refractivity contribution in [3.63, 3.8) is 0 Å². The van der Waals surface area contributed by atoms with E-state index >= 15 is 0 Å². The van der Waals surface area contributed by atoms with E-state index in [0.717, 1.165) is 6.07 Å². The van der Waals surface area contributed by atoms with E-state index < -0.39 is 26.2 Å². The summed E-state index contributed by atoms with van der Waals surface area (Å²) in [5.41, 5.74) is 0. The zero-order valence-corrected chi connectivity index (χ0v) is 15.2. The molecule has 0 unspecified atom stereocenters. The standard InChI is InChI=1S/C16H21ClFNO4S/c1-11(2)24(21,22)13-5-7-19(8-6-13)16(20)10-23-12-3-4-14(17)15(18)9-12/h3-4,9,11,13H,5-8,10H2,1-2H3. The van der Waals surface area contributed by atoms with Gasteiger partial charge in [0, 0.05) is 19.2 Å². The first kappa shape index (κ1) is 19.0. The van der Waals surface area contributed by atoms with Crippen LogP contribution in [0.3, 0.4) is 0 Å². The van der Waals surface area contributed by atoms with Crippen molar-refractivity contribution in [2.75, 3.05) is 19.7 Å². The molecular formula is C16H21ClFNO4S. The summed E-state index contributed by atoms with van der Waals surface area (Å²) in [4.78, 5) is 13.7. The number of nitrogens with zero attached hydrogens (tertiary/aromatic N) is 1. The fourth-order valence-corrected chi connectivity index (χ4v) is 4.38. The summed E-state index contributed by atoms with van der Waals surface area (Å²) in [5, 5.41) is -0.817. The van der Waals surface area contributed by atoms with Crippen LogP contribution in [-0.4, -0.2) is 49.4 Å². The number of hydrogen-bond donors (Lipinski definition) is 0. The van der Waals surface area contributed by atoms with Gasteiger partial charge in [0.25, 0.3) is 5.91 Å². The van der Waals surface area contributed by atoms with E-state index in [0.29, 0.717) is 25.9 Å².